The maximum Gasteiger partial charge on any atom is 0.263 e. The summed E-state index contributed by atoms with van der Waals surface area (Å²) in [7, 11) is 1.63. The lowest BCUT2D eigenvalue weighted by Gasteiger charge is -2.08. The number of nitriles is 1. The summed E-state index contributed by atoms with van der Waals surface area (Å²) in [5.41, 5.74) is 1.93. The van der Waals surface area contributed by atoms with E-state index < -0.39 is 5.91 Å². The topological polar surface area (TPSA) is 92.6 Å². The summed E-state index contributed by atoms with van der Waals surface area (Å²) in [4.78, 5) is 12.2. The van der Waals surface area contributed by atoms with Crippen molar-refractivity contribution in [3.63, 3.8) is 0 Å². The van der Waals surface area contributed by atoms with Gasteiger partial charge >= 0.3 is 0 Å². The van der Waals surface area contributed by atoms with Crippen LogP contribution in [0, 0.1) is 11.3 Å². The van der Waals surface area contributed by atoms with E-state index in [0.717, 1.165) is 16.9 Å². The lowest BCUT2D eigenvalue weighted by Crippen LogP contribution is -2.25. The second kappa shape index (κ2) is 9.33. The number of ether oxygens (including phenoxy) is 3. The molecule has 1 heterocycles. The molecule has 0 aromatic heterocycles. The Morgan fingerprint density at radius 2 is 2.07 bits per heavy atom. The Labute approximate surface area is 163 Å². The van der Waals surface area contributed by atoms with Crippen LogP contribution in [0.4, 0.5) is 0 Å². The zero-order valence-electron chi connectivity index (χ0n) is 15.5. The number of para-hydroxylation sites is 1. The minimum atomic E-state index is -0.440. The summed E-state index contributed by atoms with van der Waals surface area (Å²) in [5, 5.41) is 15.0. The highest BCUT2D eigenvalue weighted by molar-refractivity contribution is 5.97. The normalized spacial score (nSPS) is 12.2. The fraction of sp³-hybridized carbons (Fsp3) is 0.238. The Hall–Kier alpha value is -3.66. The number of nitrogens with zero attached hydrogens (tertiary/aromatic N) is 1. The van der Waals surface area contributed by atoms with Crippen molar-refractivity contribution in [2.24, 2.45) is 0 Å². The average molecular weight is 379 g/mol. The molecular weight excluding hydrogens is 358 g/mol. The third-order valence-electron chi connectivity index (χ3n) is 4.23. The molecule has 7 heteroatoms. The van der Waals surface area contributed by atoms with E-state index in [1.54, 1.807) is 13.2 Å². The third kappa shape index (κ3) is 4.74. The Bertz CT molecular complexity index is 918. The molecule has 1 aliphatic heterocycles. The molecule has 0 saturated carbocycles. The van der Waals surface area contributed by atoms with Gasteiger partial charge in [0.2, 0.25) is 6.79 Å². The number of carbonyl (C=O) groups excluding carboxylic acids is 1. The largest absolute Gasteiger partial charge is 0.496 e. The molecule has 2 aromatic carbocycles. The molecule has 1 amide bonds. The van der Waals surface area contributed by atoms with Crippen LogP contribution in [0.15, 0.2) is 54.2 Å². The van der Waals surface area contributed by atoms with Crippen molar-refractivity contribution in [3.8, 4) is 23.3 Å². The number of hydrogen-bond acceptors (Lipinski definition) is 6. The molecule has 144 valence electrons. The van der Waals surface area contributed by atoms with Crippen LogP contribution < -0.4 is 24.8 Å². The highest BCUT2D eigenvalue weighted by Gasteiger charge is 2.14. The van der Waals surface area contributed by atoms with Crippen LogP contribution in [0.2, 0.25) is 0 Å². The molecule has 0 saturated heterocycles. The lowest BCUT2D eigenvalue weighted by atomic mass is 10.1. The molecule has 28 heavy (non-hydrogen) atoms. The molecule has 3 rings (SSSR count). The van der Waals surface area contributed by atoms with Gasteiger partial charge in [-0.3, -0.25) is 4.79 Å². The van der Waals surface area contributed by atoms with E-state index in [1.807, 2.05) is 42.5 Å². The van der Waals surface area contributed by atoms with Gasteiger partial charge in [0.25, 0.3) is 5.91 Å². The third-order valence-corrected chi connectivity index (χ3v) is 4.23. The molecule has 0 spiro atoms. The van der Waals surface area contributed by atoms with E-state index in [9.17, 15) is 10.1 Å². The van der Waals surface area contributed by atoms with Gasteiger partial charge in [-0.15, -0.1) is 0 Å². The van der Waals surface area contributed by atoms with E-state index in [4.69, 9.17) is 14.2 Å². The van der Waals surface area contributed by atoms with E-state index >= 15 is 0 Å². The maximum atomic E-state index is 12.2. The van der Waals surface area contributed by atoms with Gasteiger partial charge in [0.1, 0.15) is 17.4 Å². The Morgan fingerprint density at radius 1 is 1.25 bits per heavy atom. The standard InChI is InChI=1S/C21H21N3O4/c1-26-18-5-3-2-4-16(18)8-9-23-13-17(11-22)21(25)24-12-15-6-7-19-20(10-15)28-14-27-19/h2-7,10,13,23H,8-9,12,14H2,1H3,(H,24,25)/b17-13-. The summed E-state index contributed by atoms with van der Waals surface area (Å²) in [6, 6.07) is 15.1. The maximum absolute atomic E-state index is 12.2. The van der Waals surface area contributed by atoms with Crippen molar-refractivity contribution >= 4 is 5.91 Å². The Kier molecular flexibility index (Phi) is 6.37. The zero-order chi connectivity index (χ0) is 19.8. The second-order valence-corrected chi connectivity index (χ2v) is 6.06. The van der Waals surface area contributed by atoms with Crippen LogP contribution in [0.1, 0.15) is 11.1 Å². The average Bonchev–Trinajstić information content (AvgIpc) is 3.20. The minimum Gasteiger partial charge on any atom is -0.496 e. The SMILES string of the molecule is COc1ccccc1CCN/C=C(/C#N)C(=O)NCc1ccc2c(c1)OCO2. The highest BCUT2D eigenvalue weighted by atomic mass is 16.7. The van der Waals surface area contributed by atoms with Crippen LogP contribution in [0.3, 0.4) is 0 Å². The fourth-order valence-corrected chi connectivity index (χ4v) is 2.77. The smallest absolute Gasteiger partial charge is 0.263 e. The molecule has 0 atom stereocenters. The highest BCUT2D eigenvalue weighted by Crippen LogP contribution is 2.32. The van der Waals surface area contributed by atoms with E-state index in [-0.39, 0.29) is 18.9 Å². The molecule has 0 radical (unpaired) electrons. The fourth-order valence-electron chi connectivity index (χ4n) is 2.77. The molecule has 0 unspecified atom stereocenters. The Morgan fingerprint density at radius 3 is 2.89 bits per heavy atom. The summed E-state index contributed by atoms with van der Waals surface area (Å²) in [6.45, 7) is 1.06. The van der Waals surface area contributed by atoms with Crippen LogP contribution in [-0.4, -0.2) is 26.4 Å². The van der Waals surface area contributed by atoms with Crippen molar-refractivity contribution in [2.75, 3.05) is 20.4 Å². The first-order valence-electron chi connectivity index (χ1n) is 8.83. The van der Waals surface area contributed by atoms with Gasteiger partial charge in [-0.05, 0) is 35.7 Å². The number of benzene rings is 2. The summed E-state index contributed by atoms with van der Waals surface area (Å²) in [5.74, 6) is 1.72. The second-order valence-electron chi connectivity index (χ2n) is 6.06. The molecule has 2 aromatic rings. The van der Waals surface area contributed by atoms with Gasteiger partial charge in [-0.2, -0.15) is 5.26 Å². The molecule has 0 bridgehead atoms. The van der Waals surface area contributed by atoms with Gasteiger partial charge in [0.15, 0.2) is 11.5 Å². The van der Waals surface area contributed by atoms with E-state index in [0.29, 0.717) is 24.5 Å². The van der Waals surface area contributed by atoms with Gasteiger partial charge < -0.3 is 24.8 Å². The number of fused-ring (bicyclic) bond motifs is 1. The number of nitrogens with one attached hydrogen (secondary N) is 2. The minimum absolute atomic E-state index is 0.0146. The quantitative estimate of drug-likeness (QED) is 0.415. The van der Waals surface area contributed by atoms with Crippen molar-refractivity contribution < 1.29 is 19.0 Å². The number of methoxy groups -OCH3 is 1. The van der Waals surface area contributed by atoms with Crippen molar-refractivity contribution in [3.05, 3.63) is 65.4 Å². The van der Waals surface area contributed by atoms with Crippen LogP contribution in [0.25, 0.3) is 0 Å². The first-order chi connectivity index (χ1) is 13.7. The van der Waals surface area contributed by atoms with Crippen molar-refractivity contribution in [1.82, 2.24) is 10.6 Å². The van der Waals surface area contributed by atoms with E-state index in [1.165, 1.54) is 6.20 Å². The summed E-state index contributed by atoms with van der Waals surface area (Å²) < 4.78 is 15.9. The van der Waals surface area contributed by atoms with Crippen molar-refractivity contribution in [1.29, 1.82) is 5.26 Å². The lowest BCUT2D eigenvalue weighted by molar-refractivity contribution is -0.117. The number of rotatable bonds is 8. The molecule has 2 N–H and O–H groups in total. The van der Waals surface area contributed by atoms with Gasteiger partial charge in [-0.1, -0.05) is 24.3 Å². The number of hydrogen-bond donors (Lipinski definition) is 2. The Balaban J connectivity index is 1.49. The summed E-state index contributed by atoms with van der Waals surface area (Å²) >= 11 is 0. The monoisotopic (exact) mass is 379 g/mol. The molecule has 1 aliphatic rings. The number of amides is 1. The summed E-state index contributed by atoms with van der Waals surface area (Å²) in [6.07, 6.45) is 2.14. The van der Waals surface area contributed by atoms with Crippen LogP contribution in [-0.2, 0) is 17.8 Å². The first kappa shape index (κ1) is 19.1. The number of carbonyl (C=O) groups is 1. The van der Waals surface area contributed by atoms with E-state index in [2.05, 4.69) is 10.6 Å². The first-order valence-corrected chi connectivity index (χ1v) is 8.83. The molecule has 0 aliphatic carbocycles. The molecule has 0 fully saturated rings. The molecule has 7 nitrogen and oxygen atoms in total. The van der Waals surface area contributed by atoms with Gasteiger partial charge in [0, 0.05) is 19.3 Å². The zero-order valence-corrected chi connectivity index (χ0v) is 15.5. The molecular formula is C21H21N3O4. The predicted molar refractivity (Wildman–Crippen MR) is 103 cm³/mol. The van der Waals surface area contributed by atoms with Crippen LogP contribution >= 0.6 is 0 Å². The van der Waals surface area contributed by atoms with Crippen LogP contribution in [0.5, 0.6) is 17.2 Å². The van der Waals surface area contributed by atoms with Gasteiger partial charge in [-0.25, -0.2) is 0 Å². The predicted octanol–water partition coefficient (Wildman–Crippen LogP) is 2.28. The van der Waals surface area contributed by atoms with Gasteiger partial charge in [0.05, 0.1) is 7.11 Å². The van der Waals surface area contributed by atoms with Crippen molar-refractivity contribution in [2.45, 2.75) is 13.0 Å².